The number of aliphatic carboxylic acids is 2. The molecule has 0 rings (SSSR count). The summed E-state index contributed by atoms with van der Waals surface area (Å²) in [4.78, 5) is 82.4. The summed E-state index contributed by atoms with van der Waals surface area (Å²) >= 11 is 1.44. The van der Waals surface area contributed by atoms with Crippen molar-refractivity contribution in [2.75, 3.05) is 12.0 Å². The molecule has 0 aliphatic carbocycles. The summed E-state index contributed by atoms with van der Waals surface area (Å²) in [5.74, 6) is -6.81. The Morgan fingerprint density at radius 1 is 0.743 bits per heavy atom. The SMILES string of the molecule is CSCCC(N)C(=O)NC(CC(N)=O)C(=O)NC(CCC(N)=O)C(=O)NC(CCC(=O)O)C(=O)O. The molecule has 0 aromatic rings. The standard InChI is InChI=1S/C19H32N6O9S/c1-35-7-6-9(20)16(30)25-12(8-14(22)27)18(32)23-10(2-4-13(21)26)17(31)24-11(19(33)34)3-5-15(28)29/h9-12H,2-8,20H2,1H3,(H2,21,26)(H2,22,27)(H,23,32)(H,24,31)(H,25,30)(H,28,29)(H,33,34). The second-order valence-electron chi connectivity index (χ2n) is 7.52. The monoisotopic (exact) mass is 520 g/mol. The summed E-state index contributed by atoms with van der Waals surface area (Å²) in [5, 5.41) is 24.6. The van der Waals surface area contributed by atoms with Crippen LogP contribution in [0.2, 0.25) is 0 Å². The number of amides is 5. The molecule has 11 N–H and O–H groups in total. The molecular weight excluding hydrogens is 488 g/mol. The number of carbonyl (C=O) groups is 7. The molecule has 15 nitrogen and oxygen atoms in total. The number of hydrogen-bond acceptors (Lipinski definition) is 9. The lowest BCUT2D eigenvalue weighted by atomic mass is 10.1. The first-order chi connectivity index (χ1) is 16.3. The van der Waals surface area contributed by atoms with Crippen molar-refractivity contribution in [3.63, 3.8) is 0 Å². The lowest BCUT2D eigenvalue weighted by Crippen LogP contribution is -2.57. The van der Waals surface area contributed by atoms with Gasteiger partial charge < -0.3 is 43.4 Å². The molecule has 0 heterocycles. The molecule has 0 fully saturated rings. The van der Waals surface area contributed by atoms with Gasteiger partial charge in [0.05, 0.1) is 12.5 Å². The van der Waals surface area contributed by atoms with E-state index < -0.39 is 84.9 Å². The number of carboxylic acid groups (broad SMARTS) is 2. The molecular formula is C19H32N6O9S. The predicted octanol–water partition coefficient (Wildman–Crippen LogP) is -3.39. The van der Waals surface area contributed by atoms with Gasteiger partial charge in [0.15, 0.2) is 0 Å². The van der Waals surface area contributed by atoms with E-state index in [1.807, 2.05) is 6.26 Å². The highest BCUT2D eigenvalue weighted by molar-refractivity contribution is 7.98. The zero-order valence-corrected chi connectivity index (χ0v) is 20.0. The van der Waals surface area contributed by atoms with Crippen molar-refractivity contribution in [2.24, 2.45) is 17.2 Å². The van der Waals surface area contributed by atoms with E-state index in [-0.39, 0.29) is 19.3 Å². The van der Waals surface area contributed by atoms with Gasteiger partial charge in [0.25, 0.3) is 0 Å². The number of hydrogen-bond donors (Lipinski definition) is 8. The Kier molecular flexibility index (Phi) is 14.7. The van der Waals surface area contributed by atoms with Crippen LogP contribution in [-0.2, 0) is 33.6 Å². The number of rotatable bonds is 18. The van der Waals surface area contributed by atoms with E-state index in [4.69, 9.17) is 22.3 Å². The summed E-state index contributed by atoms with van der Waals surface area (Å²) in [6.07, 6.45) is -0.260. The van der Waals surface area contributed by atoms with Gasteiger partial charge in [-0.25, -0.2) is 4.79 Å². The number of nitrogens with one attached hydrogen (secondary N) is 3. The van der Waals surface area contributed by atoms with E-state index in [1.54, 1.807) is 0 Å². The third-order valence-corrected chi connectivity index (χ3v) is 5.23. The first-order valence-electron chi connectivity index (χ1n) is 10.4. The van der Waals surface area contributed by atoms with Gasteiger partial charge in [0.2, 0.25) is 29.5 Å². The number of primary amides is 2. The predicted molar refractivity (Wildman–Crippen MR) is 124 cm³/mol. The molecule has 0 bridgehead atoms. The first-order valence-corrected chi connectivity index (χ1v) is 11.8. The van der Waals surface area contributed by atoms with Crippen LogP contribution in [-0.4, -0.2) is 87.9 Å². The normalized spacial score (nSPS) is 14.0. The minimum atomic E-state index is -1.60. The molecule has 4 atom stereocenters. The van der Waals surface area contributed by atoms with Gasteiger partial charge in [-0.1, -0.05) is 0 Å². The van der Waals surface area contributed by atoms with E-state index in [9.17, 15) is 38.7 Å². The van der Waals surface area contributed by atoms with E-state index >= 15 is 0 Å². The summed E-state index contributed by atoms with van der Waals surface area (Å²) in [6, 6.07) is -5.59. The molecule has 0 aromatic heterocycles. The number of carbonyl (C=O) groups excluding carboxylic acids is 5. The molecule has 35 heavy (non-hydrogen) atoms. The van der Waals surface area contributed by atoms with Crippen LogP contribution in [0.15, 0.2) is 0 Å². The van der Waals surface area contributed by atoms with Gasteiger partial charge in [-0.3, -0.25) is 28.8 Å². The molecule has 0 saturated carbocycles. The lowest BCUT2D eigenvalue weighted by Gasteiger charge is -2.24. The van der Waals surface area contributed by atoms with Crippen molar-refractivity contribution < 1.29 is 43.8 Å². The van der Waals surface area contributed by atoms with Gasteiger partial charge in [0, 0.05) is 12.8 Å². The van der Waals surface area contributed by atoms with Crippen molar-refractivity contribution in [3.8, 4) is 0 Å². The zero-order chi connectivity index (χ0) is 27.1. The van der Waals surface area contributed by atoms with Gasteiger partial charge >= 0.3 is 11.9 Å². The highest BCUT2D eigenvalue weighted by Crippen LogP contribution is 2.05. The fraction of sp³-hybridized carbons (Fsp3) is 0.632. The molecule has 5 amide bonds. The van der Waals surface area contributed by atoms with Crippen LogP contribution < -0.4 is 33.2 Å². The van der Waals surface area contributed by atoms with Crippen LogP contribution in [0.3, 0.4) is 0 Å². The average Bonchev–Trinajstić information content (AvgIpc) is 2.75. The number of carboxylic acids is 2. The van der Waals surface area contributed by atoms with Crippen LogP contribution in [0, 0.1) is 0 Å². The van der Waals surface area contributed by atoms with E-state index in [2.05, 4.69) is 16.0 Å². The molecule has 0 saturated heterocycles. The first kappa shape index (κ1) is 31.6. The number of thioether (sulfide) groups is 1. The summed E-state index contributed by atoms with van der Waals surface area (Å²) in [7, 11) is 0. The molecule has 0 spiro atoms. The largest absolute Gasteiger partial charge is 0.481 e. The summed E-state index contributed by atoms with van der Waals surface area (Å²) in [5.41, 5.74) is 16.0. The number of nitrogens with two attached hydrogens (primary N) is 3. The van der Waals surface area contributed by atoms with Crippen LogP contribution in [0.1, 0.15) is 38.5 Å². The minimum absolute atomic E-state index is 0.286. The van der Waals surface area contributed by atoms with Gasteiger partial charge in [-0.15, -0.1) is 0 Å². The summed E-state index contributed by atoms with van der Waals surface area (Å²) < 4.78 is 0. The highest BCUT2D eigenvalue weighted by Gasteiger charge is 2.31. The maximum Gasteiger partial charge on any atom is 0.326 e. The molecule has 0 radical (unpaired) electrons. The molecule has 16 heteroatoms. The van der Waals surface area contributed by atoms with E-state index in [0.29, 0.717) is 5.75 Å². The Morgan fingerprint density at radius 3 is 1.74 bits per heavy atom. The van der Waals surface area contributed by atoms with Gasteiger partial charge in [0.1, 0.15) is 18.1 Å². The average molecular weight is 521 g/mol. The Hall–Kier alpha value is -3.40. The molecule has 0 aliphatic heterocycles. The fourth-order valence-electron chi connectivity index (χ4n) is 2.69. The van der Waals surface area contributed by atoms with Crippen LogP contribution in [0.4, 0.5) is 0 Å². The molecule has 198 valence electrons. The fourth-order valence-corrected chi connectivity index (χ4v) is 3.18. The Labute approximate surface area is 205 Å². The van der Waals surface area contributed by atoms with Gasteiger partial charge in [-0.05, 0) is 31.3 Å². The van der Waals surface area contributed by atoms with E-state index in [0.717, 1.165) is 0 Å². The van der Waals surface area contributed by atoms with E-state index in [1.165, 1.54) is 11.8 Å². The Bertz CT molecular complexity index is 810. The second-order valence-corrected chi connectivity index (χ2v) is 8.50. The zero-order valence-electron chi connectivity index (χ0n) is 19.2. The highest BCUT2D eigenvalue weighted by atomic mass is 32.2. The van der Waals surface area contributed by atoms with Crippen molar-refractivity contribution >= 4 is 53.2 Å². The maximum atomic E-state index is 12.8. The second kappa shape index (κ2) is 16.3. The quantitative estimate of drug-likeness (QED) is 0.0882. The minimum Gasteiger partial charge on any atom is -0.481 e. The van der Waals surface area contributed by atoms with Crippen LogP contribution in [0.5, 0.6) is 0 Å². The van der Waals surface area contributed by atoms with Gasteiger partial charge in [-0.2, -0.15) is 11.8 Å². The van der Waals surface area contributed by atoms with Crippen molar-refractivity contribution in [1.82, 2.24) is 16.0 Å². The Morgan fingerprint density at radius 2 is 1.26 bits per heavy atom. The van der Waals surface area contributed by atoms with Crippen LogP contribution in [0.25, 0.3) is 0 Å². The summed E-state index contributed by atoms with van der Waals surface area (Å²) in [6.45, 7) is 0. The lowest BCUT2D eigenvalue weighted by molar-refractivity contribution is -0.143. The van der Waals surface area contributed by atoms with Crippen molar-refractivity contribution in [2.45, 2.75) is 62.7 Å². The molecule has 4 unspecified atom stereocenters. The topological polar surface area (TPSA) is 274 Å². The third-order valence-electron chi connectivity index (χ3n) is 4.58. The molecule has 0 aliphatic rings. The van der Waals surface area contributed by atoms with Crippen molar-refractivity contribution in [3.05, 3.63) is 0 Å². The van der Waals surface area contributed by atoms with Crippen LogP contribution >= 0.6 is 11.8 Å². The van der Waals surface area contributed by atoms with Crippen molar-refractivity contribution in [1.29, 1.82) is 0 Å². The third kappa shape index (κ3) is 13.8. The molecule has 0 aromatic carbocycles. The maximum absolute atomic E-state index is 12.8. The Balaban J connectivity index is 5.56. The smallest absolute Gasteiger partial charge is 0.326 e.